The lowest BCUT2D eigenvalue weighted by molar-refractivity contribution is 0.470. The van der Waals surface area contributed by atoms with Gasteiger partial charge >= 0.3 is 0 Å². The van der Waals surface area contributed by atoms with Crippen LogP contribution in [0.15, 0.2) is 0 Å². The number of nitrogens with zero attached hydrogens (tertiary/aromatic N) is 2. The van der Waals surface area contributed by atoms with E-state index in [1.54, 1.807) is 0 Å². The molecule has 0 amide bonds. The van der Waals surface area contributed by atoms with Crippen LogP contribution in [0.5, 0.6) is 0 Å². The van der Waals surface area contributed by atoms with Crippen LogP contribution in [0, 0.1) is 25.7 Å². The molecule has 3 heteroatoms. The van der Waals surface area contributed by atoms with Crippen LogP contribution < -0.4 is 5.32 Å². The summed E-state index contributed by atoms with van der Waals surface area (Å²) in [5, 5.41) is 3.54. The number of nitrogens with one attached hydrogen (secondary N) is 1. The minimum atomic E-state index is 0.0124. The van der Waals surface area contributed by atoms with Crippen LogP contribution in [-0.4, -0.2) is 23.1 Å². The van der Waals surface area contributed by atoms with Crippen molar-refractivity contribution in [1.29, 1.82) is 0 Å². The molecule has 0 aliphatic heterocycles. The van der Waals surface area contributed by atoms with Crippen LogP contribution in [0.4, 0.5) is 0 Å². The predicted octanol–water partition coefficient (Wildman–Crippen LogP) is 3.82. The summed E-state index contributed by atoms with van der Waals surface area (Å²) < 4.78 is 0. The SMILES string of the molecule is Cc1nc(C(C)(C)C)nc(C)c1CC(C)CNCC(C)C. The van der Waals surface area contributed by atoms with Crippen molar-refractivity contribution in [2.45, 2.75) is 67.2 Å². The van der Waals surface area contributed by atoms with E-state index in [0.29, 0.717) is 11.8 Å². The molecule has 0 aliphatic carbocycles. The van der Waals surface area contributed by atoms with Crippen LogP contribution in [0.2, 0.25) is 0 Å². The molecule has 1 unspecified atom stereocenters. The zero-order valence-corrected chi connectivity index (χ0v) is 15.2. The Hall–Kier alpha value is -0.960. The molecule has 0 aromatic carbocycles. The molecule has 1 heterocycles. The van der Waals surface area contributed by atoms with Gasteiger partial charge in [0, 0.05) is 16.8 Å². The summed E-state index contributed by atoms with van der Waals surface area (Å²) in [7, 11) is 0. The number of aromatic nitrogens is 2. The fraction of sp³-hybridized carbons (Fsp3) is 0.778. The number of hydrogen-bond acceptors (Lipinski definition) is 3. The molecule has 1 aromatic heterocycles. The van der Waals surface area contributed by atoms with Crippen LogP contribution in [0.25, 0.3) is 0 Å². The maximum Gasteiger partial charge on any atom is 0.134 e. The standard InChI is InChI=1S/C18H33N3/c1-12(2)10-19-11-13(3)9-16-14(4)20-17(18(6,7)8)21-15(16)5/h12-13,19H,9-11H2,1-8H3. The first kappa shape index (κ1) is 18.1. The van der Waals surface area contributed by atoms with Crippen molar-refractivity contribution in [1.82, 2.24) is 15.3 Å². The van der Waals surface area contributed by atoms with Gasteiger partial charge in [-0.3, -0.25) is 0 Å². The average Bonchev–Trinajstić information content (AvgIpc) is 2.31. The summed E-state index contributed by atoms with van der Waals surface area (Å²) in [6, 6.07) is 0. The van der Waals surface area contributed by atoms with Gasteiger partial charge in [-0.05, 0) is 50.8 Å². The van der Waals surface area contributed by atoms with E-state index in [0.717, 1.165) is 36.7 Å². The van der Waals surface area contributed by atoms with E-state index in [1.165, 1.54) is 5.56 Å². The molecule has 3 nitrogen and oxygen atoms in total. The Morgan fingerprint density at radius 3 is 1.90 bits per heavy atom. The Morgan fingerprint density at radius 2 is 1.48 bits per heavy atom. The highest BCUT2D eigenvalue weighted by atomic mass is 14.9. The maximum absolute atomic E-state index is 4.74. The first-order valence-electron chi connectivity index (χ1n) is 8.16. The molecule has 0 saturated carbocycles. The molecule has 1 aromatic rings. The van der Waals surface area contributed by atoms with Gasteiger partial charge in [0.1, 0.15) is 5.82 Å². The molecule has 1 rings (SSSR count). The van der Waals surface area contributed by atoms with Crippen molar-refractivity contribution >= 4 is 0 Å². The normalized spacial score (nSPS) is 13.8. The van der Waals surface area contributed by atoms with Gasteiger partial charge in [0.25, 0.3) is 0 Å². The lowest BCUT2D eigenvalue weighted by atomic mass is 9.93. The molecule has 21 heavy (non-hydrogen) atoms. The predicted molar refractivity (Wildman–Crippen MR) is 90.8 cm³/mol. The first-order chi connectivity index (χ1) is 9.61. The number of hydrogen-bond donors (Lipinski definition) is 1. The maximum atomic E-state index is 4.74. The zero-order valence-electron chi connectivity index (χ0n) is 15.2. The van der Waals surface area contributed by atoms with Crippen LogP contribution in [0.3, 0.4) is 0 Å². The molecular weight excluding hydrogens is 258 g/mol. The Labute approximate surface area is 131 Å². The molecule has 1 N–H and O–H groups in total. The van der Waals surface area contributed by atoms with E-state index in [9.17, 15) is 0 Å². The molecule has 120 valence electrons. The van der Waals surface area contributed by atoms with Crippen molar-refractivity contribution in [2.24, 2.45) is 11.8 Å². The summed E-state index contributed by atoms with van der Waals surface area (Å²) in [6.07, 6.45) is 1.05. The summed E-state index contributed by atoms with van der Waals surface area (Å²) in [5.41, 5.74) is 3.62. The number of aryl methyl sites for hydroxylation is 2. The van der Waals surface area contributed by atoms with Crippen LogP contribution >= 0.6 is 0 Å². The van der Waals surface area contributed by atoms with E-state index in [-0.39, 0.29) is 5.41 Å². The summed E-state index contributed by atoms with van der Waals surface area (Å²) in [6.45, 7) is 19.7. The lowest BCUT2D eigenvalue weighted by Gasteiger charge is -2.21. The van der Waals surface area contributed by atoms with E-state index in [2.05, 4.69) is 60.7 Å². The molecule has 0 bridgehead atoms. The Morgan fingerprint density at radius 1 is 0.952 bits per heavy atom. The molecular formula is C18H33N3. The molecule has 0 saturated heterocycles. The fourth-order valence-corrected chi connectivity index (χ4v) is 2.41. The number of rotatable bonds is 6. The van der Waals surface area contributed by atoms with Gasteiger partial charge in [-0.15, -0.1) is 0 Å². The average molecular weight is 291 g/mol. The highest BCUT2D eigenvalue weighted by molar-refractivity contribution is 5.26. The van der Waals surface area contributed by atoms with Gasteiger partial charge in [-0.25, -0.2) is 9.97 Å². The van der Waals surface area contributed by atoms with Crippen molar-refractivity contribution in [3.8, 4) is 0 Å². The first-order valence-corrected chi connectivity index (χ1v) is 8.16. The van der Waals surface area contributed by atoms with Gasteiger partial charge in [0.15, 0.2) is 0 Å². The van der Waals surface area contributed by atoms with Crippen molar-refractivity contribution in [3.05, 3.63) is 22.8 Å². The largest absolute Gasteiger partial charge is 0.316 e. The highest BCUT2D eigenvalue weighted by Crippen LogP contribution is 2.22. The monoisotopic (exact) mass is 291 g/mol. The van der Waals surface area contributed by atoms with Crippen molar-refractivity contribution in [3.63, 3.8) is 0 Å². The van der Waals surface area contributed by atoms with E-state index in [4.69, 9.17) is 9.97 Å². The van der Waals surface area contributed by atoms with Gasteiger partial charge in [0.05, 0.1) is 0 Å². The minimum absolute atomic E-state index is 0.0124. The topological polar surface area (TPSA) is 37.8 Å². The van der Waals surface area contributed by atoms with Crippen LogP contribution in [-0.2, 0) is 11.8 Å². The second-order valence-corrected chi connectivity index (χ2v) is 7.81. The Balaban J connectivity index is 2.76. The van der Waals surface area contributed by atoms with E-state index < -0.39 is 0 Å². The summed E-state index contributed by atoms with van der Waals surface area (Å²) in [5.74, 6) is 2.26. The second kappa shape index (κ2) is 7.35. The van der Waals surface area contributed by atoms with Crippen molar-refractivity contribution < 1.29 is 0 Å². The molecule has 0 fully saturated rings. The van der Waals surface area contributed by atoms with Gasteiger partial charge < -0.3 is 5.32 Å². The summed E-state index contributed by atoms with van der Waals surface area (Å²) >= 11 is 0. The smallest absolute Gasteiger partial charge is 0.134 e. The lowest BCUT2D eigenvalue weighted by Crippen LogP contribution is -2.27. The van der Waals surface area contributed by atoms with Gasteiger partial charge in [-0.1, -0.05) is 41.5 Å². The minimum Gasteiger partial charge on any atom is -0.316 e. The second-order valence-electron chi connectivity index (χ2n) is 7.81. The third-order valence-corrected chi connectivity index (χ3v) is 3.69. The molecule has 1 atom stereocenters. The Kier molecular flexibility index (Phi) is 6.33. The van der Waals surface area contributed by atoms with E-state index >= 15 is 0 Å². The summed E-state index contributed by atoms with van der Waals surface area (Å²) in [4.78, 5) is 9.47. The third kappa shape index (κ3) is 5.74. The molecule has 0 spiro atoms. The van der Waals surface area contributed by atoms with Crippen molar-refractivity contribution in [2.75, 3.05) is 13.1 Å². The highest BCUT2D eigenvalue weighted by Gasteiger charge is 2.20. The quantitative estimate of drug-likeness (QED) is 0.866. The molecule has 0 radical (unpaired) electrons. The van der Waals surface area contributed by atoms with Gasteiger partial charge in [0.2, 0.25) is 0 Å². The van der Waals surface area contributed by atoms with Gasteiger partial charge in [-0.2, -0.15) is 0 Å². The fourth-order valence-electron chi connectivity index (χ4n) is 2.41. The van der Waals surface area contributed by atoms with E-state index in [1.807, 2.05) is 0 Å². The zero-order chi connectivity index (χ0) is 16.2. The third-order valence-electron chi connectivity index (χ3n) is 3.69. The van der Waals surface area contributed by atoms with Crippen LogP contribution in [0.1, 0.15) is 64.3 Å². The Bertz CT molecular complexity index is 435. The molecule has 0 aliphatic rings.